The summed E-state index contributed by atoms with van der Waals surface area (Å²) in [5.41, 5.74) is 1.43. The smallest absolute Gasteiger partial charge is 0.407 e. The Labute approximate surface area is 114 Å². The van der Waals surface area contributed by atoms with Crippen LogP contribution in [0.4, 0.5) is 10.5 Å². The van der Waals surface area contributed by atoms with Crippen molar-refractivity contribution in [2.24, 2.45) is 0 Å². The van der Waals surface area contributed by atoms with Crippen LogP contribution in [0.15, 0.2) is 24.3 Å². The van der Waals surface area contributed by atoms with E-state index in [0.29, 0.717) is 13.1 Å². The Hall–Kier alpha value is -2.15. The SMILES string of the molecule is C#CCNc1cccc(CNC(=O)OC(C)(C)C)c1. The fourth-order valence-corrected chi connectivity index (χ4v) is 1.43. The van der Waals surface area contributed by atoms with Crippen molar-refractivity contribution in [1.82, 2.24) is 5.32 Å². The summed E-state index contributed by atoms with van der Waals surface area (Å²) in [5, 5.41) is 5.79. The number of hydrogen-bond donors (Lipinski definition) is 2. The van der Waals surface area contributed by atoms with E-state index in [2.05, 4.69) is 16.6 Å². The van der Waals surface area contributed by atoms with E-state index in [1.165, 1.54) is 0 Å². The molecule has 1 amide bonds. The molecule has 0 atom stereocenters. The highest BCUT2D eigenvalue weighted by molar-refractivity contribution is 5.67. The molecule has 0 saturated heterocycles. The van der Waals surface area contributed by atoms with Gasteiger partial charge in [-0.2, -0.15) is 0 Å². The lowest BCUT2D eigenvalue weighted by molar-refractivity contribution is 0.0523. The molecule has 0 spiro atoms. The summed E-state index contributed by atoms with van der Waals surface area (Å²) in [5.74, 6) is 2.51. The van der Waals surface area contributed by atoms with Crippen LogP contribution in [0.3, 0.4) is 0 Å². The highest BCUT2D eigenvalue weighted by atomic mass is 16.6. The van der Waals surface area contributed by atoms with Gasteiger partial charge >= 0.3 is 6.09 Å². The van der Waals surface area contributed by atoms with Crippen molar-refractivity contribution in [2.45, 2.75) is 32.9 Å². The molecule has 0 unspecified atom stereocenters. The molecule has 0 aromatic heterocycles. The number of ether oxygens (including phenoxy) is 1. The van der Waals surface area contributed by atoms with Crippen LogP contribution in [-0.4, -0.2) is 18.2 Å². The third-order valence-corrected chi connectivity index (χ3v) is 2.16. The van der Waals surface area contributed by atoms with E-state index in [-0.39, 0.29) is 0 Å². The van der Waals surface area contributed by atoms with E-state index < -0.39 is 11.7 Å². The highest BCUT2D eigenvalue weighted by Crippen LogP contribution is 2.11. The van der Waals surface area contributed by atoms with Crippen LogP contribution in [0.5, 0.6) is 0 Å². The number of amides is 1. The minimum atomic E-state index is -0.486. The Kier molecular flexibility index (Phi) is 5.25. The second-order valence-corrected chi connectivity index (χ2v) is 5.11. The molecule has 4 nitrogen and oxygen atoms in total. The molecule has 102 valence electrons. The topological polar surface area (TPSA) is 50.4 Å². The fraction of sp³-hybridized carbons (Fsp3) is 0.400. The Balaban J connectivity index is 2.49. The fourth-order valence-electron chi connectivity index (χ4n) is 1.43. The Morgan fingerprint density at radius 3 is 2.79 bits per heavy atom. The van der Waals surface area contributed by atoms with Crippen molar-refractivity contribution in [3.05, 3.63) is 29.8 Å². The lowest BCUT2D eigenvalue weighted by atomic mass is 10.2. The number of terminal acetylenes is 1. The van der Waals surface area contributed by atoms with Crippen LogP contribution in [0.2, 0.25) is 0 Å². The first kappa shape index (κ1) is 14.9. The molecule has 1 aromatic rings. The van der Waals surface area contributed by atoms with Gasteiger partial charge in [0.15, 0.2) is 0 Å². The van der Waals surface area contributed by atoms with E-state index in [9.17, 15) is 4.79 Å². The molecule has 19 heavy (non-hydrogen) atoms. The maximum Gasteiger partial charge on any atom is 0.407 e. The zero-order chi connectivity index (χ0) is 14.3. The van der Waals surface area contributed by atoms with E-state index in [1.54, 1.807) is 0 Å². The predicted molar refractivity (Wildman–Crippen MR) is 76.8 cm³/mol. The van der Waals surface area contributed by atoms with Crippen LogP contribution < -0.4 is 10.6 Å². The number of alkyl carbamates (subject to hydrolysis) is 1. The van der Waals surface area contributed by atoms with E-state index >= 15 is 0 Å². The van der Waals surface area contributed by atoms with Gasteiger partial charge in [-0.1, -0.05) is 18.1 Å². The molecular formula is C15H20N2O2. The van der Waals surface area contributed by atoms with Gasteiger partial charge in [-0.05, 0) is 38.5 Å². The van der Waals surface area contributed by atoms with Crippen LogP contribution in [-0.2, 0) is 11.3 Å². The largest absolute Gasteiger partial charge is 0.444 e. The van der Waals surface area contributed by atoms with Gasteiger partial charge in [0.25, 0.3) is 0 Å². The normalized spacial score (nSPS) is 10.4. The second-order valence-electron chi connectivity index (χ2n) is 5.11. The van der Waals surface area contributed by atoms with Crippen molar-refractivity contribution in [3.8, 4) is 12.3 Å². The van der Waals surface area contributed by atoms with Crippen molar-refractivity contribution >= 4 is 11.8 Å². The van der Waals surface area contributed by atoms with Crippen LogP contribution in [0.1, 0.15) is 26.3 Å². The molecule has 0 saturated carbocycles. The minimum absolute atomic E-state index is 0.417. The number of carbonyl (C=O) groups excluding carboxylic acids is 1. The van der Waals surface area contributed by atoms with Crippen LogP contribution >= 0.6 is 0 Å². The first-order chi connectivity index (χ1) is 8.90. The summed E-state index contributed by atoms with van der Waals surface area (Å²) < 4.78 is 5.16. The summed E-state index contributed by atoms with van der Waals surface area (Å²) in [6.45, 7) is 6.38. The molecule has 1 aromatic carbocycles. The van der Waals surface area contributed by atoms with E-state index in [4.69, 9.17) is 11.2 Å². The van der Waals surface area contributed by atoms with Gasteiger partial charge in [-0.3, -0.25) is 0 Å². The maximum atomic E-state index is 11.5. The summed E-state index contributed by atoms with van der Waals surface area (Å²) in [6, 6.07) is 7.70. The standard InChI is InChI=1S/C15H20N2O2/c1-5-9-16-13-8-6-7-12(10-13)11-17-14(18)19-15(2,3)4/h1,6-8,10,16H,9,11H2,2-4H3,(H,17,18). The summed E-state index contributed by atoms with van der Waals surface area (Å²) in [6.07, 6.45) is 4.76. The van der Waals surface area contributed by atoms with Crippen molar-refractivity contribution < 1.29 is 9.53 Å². The first-order valence-electron chi connectivity index (χ1n) is 6.14. The first-order valence-corrected chi connectivity index (χ1v) is 6.14. The zero-order valence-electron chi connectivity index (χ0n) is 11.6. The van der Waals surface area contributed by atoms with E-state index in [0.717, 1.165) is 11.3 Å². The average molecular weight is 260 g/mol. The third-order valence-electron chi connectivity index (χ3n) is 2.16. The average Bonchev–Trinajstić information content (AvgIpc) is 2.32. The molecule has 0 bridgehead atoms. The molecule has 0 aliphatic rings. The van der Waals surface area contributed by atoms with Crippen molar-refractivity contribution in [1.29, 1.82) is 0 Å². The third kappa shape index (κ3) is 6.37. The predicted octanol–water partition coefficient (Wildman–Crippen LogP) is 2.76. The highest BCUT2D eigenvalue weighted by Gasteiger charge is 2.15. The van der Waals surface area contributed by atoms with Crippen molar-refractivity contribution in [3.63, 3.8) is 0 Å². The minimum Gasteiger partial charge on any atom is -0.444 e. The number of hydrogen-bond acceptors (Lipinski definition) is 3. The Bertz CT molecular complexity index is 470. The summed E-state index contributed by atoms with van der Waals surface area (Å²) in [4.78, 5) is 11.5. The Morgan fingerprint density at radius 1 is 1.42 bits per heavy atom. The van der Waals surface area contributed by atoms with Crippen molar-refractivity contribution in [2.75, 3.05) is 11.9 Å². The van der Waals surface area contributed by atoms with Gasteiger partial charge in [0.2, 0.25) is 0 Å². The van der Waals surface area contributed by atoms with Gasteiger partial charge in [-0.25, -0.2) is 4.79 Å². The molecule has 0 heterocycles. The number of benzene rings is 1. The molecule has 0 aliphatic heterocycles. The quantitative estimate of drug-likeness (QED) is 0.818. The summed E-state index contributed by atoms with van der Waals surface area (Å²) in [7, 11) is 0. The molecule has 2 N–H and O–H groups in total. The molecule has 4 heteroatoms. The number of rotatable bonds is 4. The molecular weight excluding hydrogens is 240 g/mol. The lowest BCUT2D eigenvalue weighted by Gasteiger charge is -2.19. The molecule has 0 fully saturated rings. The van der Waals surface area contributed by atoms with Crippen LogP contribution in [0, 0.1) is 12.3 Å². The number of carbonyl (C=O) groups is 1. The number of nitrogens with one attached hydrogen (secondary N) is 2. The van der Waals surface area contributed by atoms with Gasteiger partial charge in [0.05, 0.1) is 6.54 Å². The zero-order valence-corrected chi connectivity index (χ0v) is 11.6. The molecule has 0 radical (unpaired) electrons. The molecule has 1 rings (SSSR count). The second kappa shape index (κ2) is 6.69. The monoisotopic (exact) mass is 260 g/mol. The van der Waals surface area contributed by atoms with Gasteiger partial charge in [0.1, 0.15) is 5.60 Å². The van der Waals surface area contributed by atoms with Gasteiger partial charge in [-0.15, -0.1) is 6.42 Å². The van der Waals surface area contributed by atoms with E-state index in [1.807, 2.05) is 45.0 Å². The molecule has 0 aliphatic carbocycles. The number of anilines is 1. The summed E-state index contributed by atoms with van der Waals surface area (Å²) >= 11 is 0. The maximum absolute atomic E-state index is 11.5. The van der Waals surface area contributed by atoms with Gasteiger partial charge < -0.3 is 15.4 Å². The van der Waals surface area contributed by atoms with Crippen LogP contribution in [0.25, 0.3) is 0 Å². The lowest BCUT2D eigenvalue weighted by Crippen LogP contribution is -2.32. The Morgan fingerprint density at radius 2 is 2.16 bits per heavy atom. The van der Waals surface area contributed by atoms with Gasteiger partial charge in [0, 0.05) is 12.2 Å².